The van der Waals surface area contributed by atoms with E-state index in [4.69, 9.17) is 0 Å². The molecule has 0 unspecified atom stereocenters. The first-order valence-electron chi connectivity index (χ1n) is 11.2. The quantitative estimate of drug-likeness (QED) is 0.647. The second-order valence-corrected chi connectivity index (χ2v) is 10.7. The molecule has 2 fully saturated rings. The van der Waals surface area contributed by atoms with Crippen LogP contribution in [0.3, 0.4) is 0 Å². The second kappa shape index (κ2) is 10.6. The third kappa shape index (κ3) is 6.15. The van der Waals surface area contributed by atoms with Crippen LogP contribution in [0.1, 0.15) is 45.1 Å². The Hall–Kier alpha value is -1.70. The molecule has 7 heteroatoms. The van der Waals surface area contributed by atoms with Gasteiger partial charge in [0.2, 0.25) is 15.9 Å². The number of carbonyl (C=O) groups is 1. The number of piperazine rings is 1. The van der Waals surface area contributed by atoms with Crippen LogP contribution in [0.2, 0.25) is 0 Å². The van der Waals surface area contributed by atoms with E-state index in [0.717, 1.165) is 64.0 Å². The SMILES string of the molecule is CC(C)CN1CCN(C(=O)C=Cc2ccc(S(=O)(=O)N3CCCCCC3)cc2)CC1. The van der Waals surface area contributed by atoms with Crippen molar-refractivity contribution in [3.05, 3.63) is 35.9 Å². The third-order valence-corrected chi connectivity index (χ3v) is 7.72. The average Bonchev–Trinajstić information content (AvgIpc) is 3.03. The Bertz CT molecular complexity index is 818. The molecule has 0 atom stereocenters. The summed E-state index contributed by atoms with van der Waals surface area (Å²) in [6.45, 7) is 10.0. The number of benzene rings is 1. The van der Waals surface area contributed by atoms with E-state index >= 15 is 0 Å². The third-order valence-electron chi connectivity index (χ3n) is 5.81. The van der Waals surface area contributed by atoms with Crippen molar-refractivity contribution in [2.45, 2.75) is 44.4 Å². The van der Waals surface area contributed by atoms with E-state index in [0.29, 0.717) is 23.9 Å². The van der Waals surface area contributed by atoms with Crippen molar-refractivity contribution in [2.75, 3.05) is 45.8 Å². The summed E-state index contributed by atoms with van der Waals surface area (Å²) in [5, 5.41) is 0. The molecule has 1 amide bonds. The molecule has 166 valence electrons. The van der Waals surface area contributed by atoms with Crippen molar-refractivity contribution in [3.8, 4) is 0 Å². The molecule has 30 heavy (non-hydrogen) atoms. The van der Waals surface area contributed by atoms with Gasteiger partial charge in [0.25, 0.3) is 0 Å². The van der Waals surface area contributed by atoms with Crippen molar-refractivity contribution < 1.29 is 13.2 Å². The number of nitrogens with zero attached hydrogens (tertiary/aromatic N) is 3. The summed E-state index contributed by atoms with van der Waals surface area (Å²) in [5.41, 5.74) is 0.830. The number of sulfonamides is 1. The summed E-state index contributed by atoms with van der Waals surface area (Å²) in [5.74, 6) is 0.652. The highest BCUT2D eigenvalue weighted by atomic mass is 32.2. The number of hydrogen-bond acceptors (Lipinski definition) is 4. The Kier molecular flexibility index (Phi) is 8.08. The van der Waals surface area contributed by atoms with Gasteiger partial charge in [0.15, 0.2) is 0 Å². The highest BCUT2D eigenvalue weighted by Gasteiger charge is 2.25. The molecule has 0 radical (unpaired) electrons. The predicted molar refractivity (Wildman–Crippen MR) is 121 cm³/mol. The molecular formula is C23H35N3O3S. The lowest BCUT2D eigenvalue weighted by molar-refractivity contribution is -0.127. The summed E-state index contributed by atoms with van der Waals surface area (Å²) < 4.78 is 27.3. The molecule has 0 aliphatic carbocycles. The fourth-order valence-electron chi connectivity index (χ4n) is 4.12. The zero-order chi connectivity index (χ0) is 21.6. The number of rotatable bonds is 6. The smallest absolute Gasteiger partial charge is 0.246 e. The van der Waals surface area contributed by atoms with E-state index in [1.807, 2.05) is 4.90 Å². The van der Waals surface area contributed by atoms with Crippen LogP contribution in [0.5, 0.6) is 0 Å². The van der Waals surface area contributed by atoms with Gasteiger partial charge in [-0.15, -0.1) is 0 Å². The maximum Gasteiger partial charge on any atom is 0.246 e. The minimum Gasteiger partial charge on any atom is -0.337 e. The molecule has 0 spiro atoms. The van der Waals surface area contributed by atoms with E-state index < -0.39 is 10.0 Å². The maximum absolute atomic E-state index is 12.9. The van der Waals surface area contributed by atoms with Gasteiger partial charge >= 0.3 is 0 Å². The van der Waals surface area contributed by atoms with Crippen LogP contribution in [-0.4, -0.2) is 74.2 Å². The van der Waals surface area contributed by atoms with E-state index in [2.05, 4.69) is 18.7 Å². The average molecular weight is 434 g/mol. The largest absolute Gasteiger partial charge is 0.337 e. The highest BCUT2D eigenvalue weighted by molar-refractivity contribution is 7.89. The van der Waals surface area contributed by atoms with Gasteiger partial charge in [-0.05, 0) is 42.5 Å². The van der Waals surface area contributed by atoms with Gasteiger partial charge in [-0.1, -0.05) is 38.8 Å². The lowest BCUT2D eigenvalue weighted by atomic mass is 10.2. The summed E-state index contributed by atoms with van der Waals surface area (Å²) >= 11 is 0. The van der Waals surface area contributed by atoms with Crippen molar-refractivity contribution in [1.82, 2.24) is 14.1 Å². The topological polar surface area (TPSA) is 60.9 Å². The number of amides is 1. The molecule has 2 saturated heterocycles. The van der Waals surface area contributed by atoms with Crippen molar-refractivity contribution in [3.63, 3.8) is 0 Å². The molecule has 1 aromatic rings. The van der Waals surface area contributed by atoms with Crippen LogP contribution in [-0.2, 0) is 14.8 Å². The molecule has 2 aliphatic rings. The second-order valence-electron chi connectivity index (χ2n) is 8.74. The molecule has 0 aromatic heterocycles. The van der Waals surface area contributed by atoms with Crippen LogP contribution in [0.15, 0.2) is 35.2 Å². The van der Waals surface area contributed by atoms with Crippen LogP contribution in [0, 0.1) is 5.92 Å². The Balaban J connectivity index is 1.56. The zero-order valence-corrected chi connectivity index (χ0v) is 19.1. The van der Waals surface area contributed by atoms with E-state index in [1.54, 1.807) is 40.7 Å². The van der Waals surface area contributed by atoms with Gasteiger partial charge in [0.1, 0.15) is 0 Å². The Morgan fingerprint density at radius 2 is 1.53 bits per heavy atom. The standard InChI is InChI=1S/C23H35N3O3S/c1-20(2)19-24-15-17-25(18-16-24)23(27)12-9-21-7-10-22(11-8-21)30(28,29)26-13-5-3-4-6-14-26/h7-12,20H,3-6,13-19H2,1-2H3. The highest BCUT2D eigenvalue weighted by Crippen LogP contribution is 2.21. The minimum absolute atomic E-state index is 0.0143. The molecule has 0 N–H and O–H groups in total. The summed E-state index contributed by atoms with van der Waals surface area (Å²) in [4.78, 5) is 17.1. The summed E-state index contributed by atoms with van der Waals surface area (Å²) in [7, 11) is -3.44. The van der Waals surface area contributed by atoms with Gasteiger partial charge in [0, 0.05) is 51.9 Å². The van der Waals surface area contributed by atoms with E-state index in [1.165, 1.54) is 0 Å². The summed E-state index contributed by atoms with van der Waals surface area (Å²) in [6, 6.07) is 6.84. The molecule has 0 bridgehead atoms. The van der Waals surface area contributed by atoms with Gasteiger partial charge in [-0.2, -0.15) is 4.31 Å². The normalized spacial score (nSPS) is 20.0. The maximum atomic E-state index is 12.9. The Labute approximate surface area is 181 Å². The lowest BCUT2D eigenvalue weighted by Gasteiger charge is -2.35. The van der Waals surface area contributed by atoms with Crippen LogP contribution < -0.4 is 0 Å². The Morgan fingerprint density at radius 3 is 2.10 bits per heavy atom. The predicted octanol–water partition coefficient (Wildman–Crippen LogP) is 3.06. The number of carbonyl (C=O) groups excluding carboxylic acids is 1. The molecule has 1 aromatic carbocycles. The van der Waals surface area contributed by atoms with Crippen LogP contribution in [0.4, 0.5) is 0 Å². The van der Waals surface area contributed by atoms with E-state index in [-0.39, 0.29) is 5.91 Å². The fraction of sp³-hybridized carbons (Fsp3) is 0.609. The first kappa shape index (κ1) is 23.0. The summed E-state index contributed by atoms with van der Waals surface area (Å²) in [6.07, 6.45) is 7.40. The minimum atomic E-state index is -3.44. The van der Waals surface area contributed by atoms with Crippen molar-refractivity contribution in [1.29, 1.82) is 0 Å². The van der Waals surface area contributed by atoms with Gasteiger partial charge in [-0.3, -0.25) is 9.69 Å². The van der Waals surface area contributed by atoms with Gasteiger partial charge in [0.05, 0.1) is 4.90 Å². The first-order chi connectivity index (χ1) is 14.4. The molecule has 6 nitrogen and oxygen atoms in total. The monoisotopic (exact) mass is 433 g/mol. The molecule has 0 saturated carbocycles. The van der Waals surface area contributed by atoms with Crippen LogP contribution in [0.25, 0.3) is 6.08 Å². The zero-order valence-electron chi connectivity index (χ0n) is 18.3. The van der Waals surface area contributed by atoms with Crippen molar-refractivity contribution in [2.24, 2.45) is 5.92 Å². The van der Waals surface area contributed by atoms with Gasteiger partial charge in [-0.25, -0.2) is 8.42 Å². The fourth-order valence-corrected chi connectivity index (χ4v) is 5.64. The molecule has 2 aliphatic heterocycles. The van der Waals surface area contributed by atoms with E-state index in [9.17, 15) is 13.2 Å². The first-order valence-corrected chi connectivity index (χ1v) is 12.6. The molecular weight excluding hydrogens is 398 g/mol. The number of hydrogen-bond donors (Lipinski definition) is 0. The van der Waals surface area contributed by atoms with Crippen LogP contribution >= 0.6 is 0 Å². The van der Waals surface area contributed by atoms with Crippen molar-refractivity contribution >= 4 is 22.0 Å². The molecule has 3 rings (SSSR count). The molecule has 2 heterocycles. The van der Waals surface area contributed by atoms with Gasteiger partial charge < -0.3 is 4.90 Å². The Morgan fingerprint density at radius 1 is 0.933 bits per heavy atom. The lowest BCUT2D eigenvalue weighted by Crippen LogP contribution is -2.49.